The van der Waals surface area contributed by atoms with Gasteiger partial charge in [-0.25, -0.2) is 4.79 Å². The van der Waals surface area contributed by atoms with Gasteiger partial charge in [-0.3, -0.25) is 9.59 Å². The second-order valence-corrected chi connectivity index (χ2v) is 5.84. The van der Waals surface area contributed by atoms with Crippen LogP contribution in [0.5, 0.6) is 5.75 Å². The lowest BCUT2D eigenvalue weighted by molar-refractivity contribution is -0.118. The Morgan fingerprint density at radius 1 is 1.17 bits per heavy atom. The molecule has 2 aromatic carbocycles. The number of aromatic carboxylic acids is 1. The van der Waals surface area contributed by atoms with Crippen molar-refractivity contribution in [3.8, 4) is 5.75 Å². The number of carbonyl (C=O) groups is 3. The molecule has 0 aliphatic heterocycles. The van der Waals surface area contributed by atoms with Gasteiger partial charge in [0.15, 0.2) is 12.4 Å². The number of halogens is 1. The summed E-state index contributed by atoms with van der Waals surface area (Å²) in [7, 11) is 0. The molecule has 0 heterocycles. The minimum absolute atomic E-state index is 0.0456. The number of hydrogen-bond donors (Lipinski definition) is 2. The van der Waals surface area contributed by atoms with Gasteiger partial charge >= 0.3 is 5.97 Å². The van der Waals surface area contributed by atoms with E-state index >= 15 is 0 Å². The van der Waals surface area contributed by atoms with Crippen LogP contribution in [0.25, 0.3) is 0 Å². The highest BCUT2D eigenvalue weighted by molar-refractivity contribution is 9.10. The predicted molar refractivity (Wildman–Crippen MR) is 91.7 cm³/mol. The summed E-state index contributed by atoms with van der Waals surface area (Å²) < 4.78 is 5.88. The van der Waals surface area contributed by atoms with Gasteiger partial charge in [0.25, 0.3) is 5.91 Å². The molecule has 0 aliphatic carbocycles. The number of carboxylic acids is 1. The third-order valence-electron chi connectivity index (χ3n) is 3.08. The van der Waals surface area contributed by atoms with E-state index in [9.17, 15) is 14.4 Å². The summed E-state index contributed by atoms with van der Waals surface area (Å²) >= 11 is 3.18. The first-order valence-electron chi connectivity index (χ1n) is 6.93. The van der Waals surface area contributed by atoms with E-state index in [-0.39, 0.29) is 23.7 Å². The van der Waals surface area contributed by atoms with E-state index < -0.39 is 11.9 Å². The summed E-state index contributed by atoms with van der Waals surface area (Å²) in [6.45, 7) is 1.08. The Bertz CT molecular complexity index is 803. The van der Waals surface area contributed by atoms with Gasteiger partial charge in [-0.1, -0.05) is 28.1 Å². The van der Waals surface area contributed by atoms with Crippen molar-refractivity contribution in [3.05, 3.63) is 58.1 Å². The van der Waals surface area contributed by atoms with E-state index in [0.717, 1.165) is 0 Å². The molecule has 7 heteroatoms. The number of hydrogen-bond acceptors (Lipinski definition) is 4. The van der Waals surface area contributed by atoms with Crippen molar-refractivity contribution in [2.24, 2.45) is 0 Å². The van der Waals surface area contributed by atoms with Crippen molar-refractivity contribution in [3.63, 3.8) is 0 Å². The molecular formula is C17H14BrNO5. The summed E-state index contributed by atoms with van der Waals surface area (Å²) in [6.07, 6.45) is 0. The fourth-order valence-electron chi connectivity index (χ4n) is 1.95. The zero-order valence-electron chi connectivity index (χ0n) is 12.7. The van der Waals surface area contributed by atoms with Crippen LogP contribution >= 0.6 is 15.9 Å². The maximum absolute atomic E-state index is 11.9. The van der Waals surface area contributed by atoms with Gasteiger partial charge in [-0.15, -0.1) is 0 Å². The fraction of sp³-hybridized carbons (Fsp3) is 0.118. The highest BCUT2D eigenvalue weighted by Gasteiger charge is 2.13. The molecule has 0 fully saturated rings. The molecule has 0 saturated carbocycles. The van der Waals surface area contributed by atoms with E-state index in [4.69, 9.17) is 9.84 Å². The molecule has 2 aromatic rings. The van der Waals surface area contributed by atoms with Crippen LogP contribution in [0.15, 0.2) is 46.9 Å². The van der Waals surface area contributed by atoms with Crippen LogP contribution in [-0.4, -0.2) is 29.4 Å². The Kier molecular flexibility index (Phi) is 5.70. The third kappa shape index (κ3) is 4.66. The largest absolute Gasteiger partial charge is 0.483 e. The van der Waals surface area contributed by atoms with Gasteiger partial charge in [0.2, 0.25) is 0 Å². The molecule has 0 spiro atoms. The number of benzene rings is 2. The molecule has 0 aliphatic rings. The third-order valence-corrected chi connectivity index (χ3v) is 3.58. The highest BCUT2D eigenvalue weighted by atomic mass is 79.9. The molecule has 124 valence electrons. The first-order valence-corrected chi connectivity index (χ1v) is 7.72. The van der Waals surface area contributed by atoms with Gasteiger partial charge in [0.05, 0.1) is 0 Å². The van der Waals surface area contributed by atoms with Crippen molar-refractivity contribution in [1.29, 1.82) is 0 Å². The monoisotopic (exact) mass is 391 g/mol. The Labute approximate surface area is 146 Å². The molecule has 6 nitrogen and oxygen atoms in total. The maximum atomic E-state index is 11.9. The van der Waals surface area contributed by atoms with E-state index in [1.54, 1.807) is 30.3 Å². The Balaban J connectivity index is 2.03. The molecule has 0 bridgehead atoms. The van der Waals surface area contributed by atoms with Crippen molar-refractivity contribution in [2.75, 3.05) is 11.9 Å². The van der Waals surface area contributed by atoms with Crippen LogP contribution < -0.4 is 10.1 Å². The van der Waals surface area contributed by atoms with E-state index in [0.29, 0.717) is 15.7 Å². The predicted octanol–water partition coefficient (Wildman–Crippen LogP) is 3.37. The zero-order valence-corrected chi connectivity index (χ0v) is 14.3. The smallest absolute Gasteiger partial charge is 0.339 e. The second kappa shape index (κ2) is 7.74. The summed E-state index contributed by atoms with van der Waals surface area (Å²) in [6, 6.07) is 11.0. The number of carbonyl (C=O) groups excluding carboxylic acids is 2. The summed E-state index contributed by atoms with van der Waals surface area (Å²) in [5.74, 6) is -1.63. The van der Waals surface area contributed by atoms with E-state index in [1.807, 2.05) is 0 Å². The normalized spacial score (nSPS) is 10.1. The molecule has 0 aromatic heterocycles. The van der Waals surface area contributed by atoms with Crippen LogP contribution in [0.3, 0.4) is 0 Å². The number of Topliss-reactive ketones (excluding diaryl/α,β-unsaturated/α-hetero) is 1. The van der Waals surface area contributed by atoms with Crippen molar-refractivity contribution in [1.82, 2.24) is 0 Å². The minimum atomic E-state index is -1.15. The summed E-state index contributed by atoms with van der Waals surface area (Å²) in [5.41, 5.74) is 0.899. The fourth-order valence-corrected chi connectivity index (χ4v) is 2.31. The lowest BCUT2D eigenvalue weighted by Gasteiger charge is -2.10. The quantitative estimate of drug-likeness (QED) is 0.736. The highest BCUT2D eigenvalue weighted by Crippen LogP contribution is 2.23. The van der Waals surface area contributed by atoms with Gasteiger partial charge in [0.1, 0.15) is 11.3 Å². The van der Waals surface area contributed by atoms with Gasteiger partial charge in [0, 0.05) is 15.7 Å². The SMILES string of the molecule is CC(=O)c1cccc(NC(=O)COc2ccc(Br)cc2C(=O)O)c1. The molecule has 0 radical (unpaired) electrons. The first-order chi connectivity index (χ1) is 11.4. The molecule has 0 atom stereocenters. The number of anilines is 1. The number of ether oxygens (including phenoxy) is 1. The number of ketones is 1. The Morgan fingerprint density at radius 3 is 2.58 bits per heavy atom. The van der Waals surface area contributed by atoms with Gasteiger partial charge in [-0.2, -0.15) is 0 Å². The lowest BCUT2D eigenvalue weighted by atomic mass is 10.1. The number of amides is 1. The molecule has 2 rings (SSSR count). The Hall–Kier alpha value is -2.67. The molecule has 0 saturated heterocycles. The van der Waals surface area contributed by atoms with Crippen LogP contribution in [0, 0.1) is 0 Å². The molecule has 1 amide bonds. The number of rotatable bonds is 6. The maximum Gasteiger partial charge on any atom is 0.339 e. The summed E-state index contributed by atoms with van der Waals surface area (Å²) in [5, 5.41) is 11.7. The van der Waals surface area contributed by atoms with Crippen molar-refractivity contribution < 1.29 is 24.2 Å². The van der Waals surface area contributed by atoms with Crippen LogP contribution in [0.1, 0.15) is 27.6 Å². The standard InChI is InChI=1S/C17H14BrNO5/c1-10(20)11-3-2-4-13(7-11)19-16(21)9-24-15-6-5-12(18)8-14(15)17(22)23/h2-8H,9H2,1H3,(H,19,21)(H,22,23). The number of nitrogens with one attached hydrogen (secondary N) is 1. The first kappa shape index (κ1) is 17.7. The van der Waals surface area contributed by atoms with E-state index in [1.165, 1.54) is 19.1 Å². The molecule has 24 heavy (non-hydrogen) atoms. The van der Waals surface area contributed by atoms with Crippen LogP contribution in [0.4, 0.5) is 5.69 Å². The zero-order chi connectivity index (χ0) is 17.7. The average Bonchev–Trinajstić information content (AvgIpc) is 2.53. The lowest BCUT2D eigenvalue weighted by Crippen LogP contribution is -2.21. The van der Waals surface area contributed by atoms with E-state index in [2.05, 4.69) is 21.2 Å². The Morgan fingerprint density at radius 2 is 1.92 bits per heavy atom. The molecule has 2 N–H and O–H groups in total. The molecule has 0 unspecified atom stereocenters. The van der Waals surface area contributed by atoms with Crippen LogP contribution in [-0.2, 0) is 4.79 Å². The van der Waals surface area contributed by atoms with Crippen molar-refractivity contribution >= 4 is 39.3 Å². The average molecular weight is 392 g/mol. The number of carboxylic acid groups (broad SMARTS) is 1. The van der Waals surface area contributed by atoms with Crippen molar-refractivity contribution in [2.45, 2.75) is 6.92 Å². The van der Waals surface area contributed by atoms with Crippen LogP contribution in [0.2, 0.25) is 0 Å². The second-order valence-electron chi connectivity index (χ2n) is 4.92. The topological polar surface area (TPSA) is 92.7 Å². The minimum Gasteiger partial charge on any atom is -0.483 e. The molecular weight excluding hydrogens is 378 g/mol. The van der Waals surface area contributed by atoms with Gasteiger partial charge < -0.3 is 15.2 Å². The summed E-state index contributed by atoms with van der Waals surface area (Å²) in [4.78, 5) is 34.4. The van der Waals surface area contributed by atoms with Gasteiger partial charge in [-0.05, 0) is 37.3 Å².